The second kappa shape index (κ2) is 7.75. The summed E-state index contributed by atoms with van der Waals surface area (Å²) in [5.74, 6) is 1.69. The molecule has 4 rings (SSSR count). The van der Waals surface area contributed by atoms with Crippen LogP contribution in [0.2, 0.25) is 0 Å². The van der Waals surface area contributed by atoms with Crippen molar-refractivity contribution in [3.05, 3.63) is 53.5 Å². The summed E-state index contributed by atoms with van der Waals surface area (Å²) in [5.41, 5.74) is 3.09. The first-order valence-corrected chi connectivity index (χ1v) is 10.4. The van der Waals surface area contributed by atoms with Gasteiger partial charge in [-0.15, -0.1) is 0 Å². The SMILES string of the molecule is Cc1cnc(C)c(N2CC3CN(C(=O)Cc4ccccc4)CC3(CN(C)C)C2)n1. The van der Waals surface area contributed by atoms with E-state index < -0.39 is 0 Å². The van der Waals surface area contributed by atoms with Gasteiger partial charge in [0.2, 0.25) is 5.91 Å². The number of carbonyl (C=O) groups is 1. The lowest BCUT2D eigenvalue weighted by Gasteiger charge is -2.32. The molecule has 1 amide bonds. The minimum Gasteiger partial charge on any atom is -0.354 e. The Morgan fingerprint density at radius 2 is 1.93 bits per heavy atom. The van der Waals surface area contributed by atoms with E-state index in [2.05, 4.69) is 33.8 Å². The summed E-state index contributed by atoms with van der Waals surface area (Å²) >= 11 is 0. The molecule has 0 aliphatic carbocycles. The van der Waals surface area contributed by atoms with E-state index in [-0.39, 0.29) is 11.3 Å². The molecule has 154 valence electrons. The Balaban J connectivity index is 1.53. The molecule has 6 nitrogen and oxygen atoms in total. The van der Waals surface area contributed by atoms with Gasteiger partial charge in [-0.05, 0) is 33.5 Å². The number of aryl methyl sites for hydroxylation is 2. The van der Waals surface area contributed by atoms with E-state index in [1.165, 1.54) is 0 Å². The summed E-state index contributed by atoms with van der Waals surface area (Å²) in [6.07, 6.45) is 2.31. The Morgan fingerprint density at radius 3 is 2.66 bits per heavy atom. The highest BCUT2D eigenvalue weighted by Crippen LogP contribution is 2.44. The average molecular weight is 394 g/mol. The predicted molar refractivity (Wildman–Crippen MR) is 115 cm³/mol. The molecule has 2 saturated heterocycles. The fourth-order valence-electron chi connectivity index (χ4n) is 5.09. The molecular formula is C23H31N5O. The van der Waals surface area contributed by atoms with Crippen molar-refractivity contribution in [1.29, 1.82) is 0 Å². The van der Waals surface area contributed by atoms with Gasteiger partial charge in [0, 0.05) is 50.3 Å². The minimum absolute atomic E-state index is 0.0771. The number of anilines is 1. The number of amides is 1. The van der Waals surface area contributed by atoms with Crippen molar-refractivity contribution in [2.75, 3.05) is 51.7 Å². The number of likely N-dealkylation sites (tertiary alicyclic amines) is 1. The minimum atomic E-state index is 0.0771. The van der Waals surface area contributed by atoms with Gasteiger partial charge < -0.3 is 14.7 Å². The van der Waals surface area contributed by atoms with Crippen molar-refractivity contribution in [1.82, 2.24) is 19.8 Å². The fourth-order valence-corrected chi connectivity index (χ4v) is 5.09. The maximum Gasteiger partial charge on any atom is 0.227 e. The van der Waals surface area contributed by atoms with Gasteiger partial charge in [0.05, 0.1) is 17.8 Å². The maximum atomic E-state index is 13.0. The van der Waals surface area contributed by atoms with E-state index in [9.17, 15) is 4.79 Å². The van der Waals surface area contributed by atoms with Crippen LogP contribution in [0.1, 0.15) is 17.0 Å². The van der Waals surface area contributed by atoms with Gasteiger partial charge in [-0.2, -0.15) is 0 Å². The largest absolute Gasteiger partial charge is 0.354 e. The molecule has 0 spiro atoms. The van der Waals surface area contributed by atoms with Gasteiger partial charge >= 0.3 is 0 Å². The van der Waals surface area contributed by atoms with Gasteiger partial charge in [-0.25, -0.2) is 4.98 Å². The van der Waals surface area contributed by atoms with Crippen LogP contribution in [0.3, 0.4) is 0 Å². The van der Waals surface area contributed by atoms with E-state index in [1.54, 1.807) is 0 Å². The first kappa shape index (κ1) is 19.8. The highest BCUT2D eigenvalue weighted by molar-refractivity contribution is 5.79. The standard InChI is InChI=1S/C23H31N5O/c1-17-11-24-18(2)22(25-17)28-13-20-12-27(15-23(20,16-28)14-26(3)4)21(29)10-19-8-6-5-7-9-19/h5-9,11,20H,10,12-16H2,1-4H3. The van der Waals surface area contributed by atoms with Crippen LogP contribution >= 0.6 is 0 Å². The van der Waals surface area contributed by atoms with Crippen LogP contribution in [0.25, 0.3) is 0 Å². The molecule has 2 aliphatic heterocycles. The molecule has 2 aliphatic rings. The van der Waals surface area contributed by atoms with Crippen LogP contribution in [-0.4, -0.2) is 72.5 Å². The Morgan fingerprint density at radius 1 is 1.17 bits per heavy atom. The lowest BCUT2D eigenvalue weighted by molar-refractivity contribution is -0.130. The first-order valence-electron chi connectivity index (χ1n) is 10.4. The number of rotatable bonds is 5. The topological polar surface area (TPSA) is 52.6 Å². The number of carbonyl (C=O) groups excluding carboxylic acids is 1. The zero-order valence-electron chi connectivity index (χ0n) is 17.9. The molecule has 0 bridgehead atoms. The van der Waals surface area contributed by atoms with Crippen molar-refractivity contribution in [3.8, 4) is 0 Å². The summed E-state index contributed by atoms with van der Waals surface area (Å²) in [5, 5.41) is 0. The summed E-state index contributed by atoms with van der Waals surface area (Å²) in [7, 11) is 4.25. The molecule has 0 radical (unpaired) electrons. The van der Waals surface area contributed by atoms with Gasteiger partial charge in [-0.3, -0.25) is 9.78 Å². The Hall–Kier alpha value is -2.47. The highest BCUT2D eigenvalue weighted by Gasteiger charge is 2.54. The fraction of sp³-hybridized carbons (Fsp3) is 0.522. The Labute approximate surface area is 173 Å². The summed E-state index contributed by atoms with van der Waals surface area (Å²) in [4.78, 5) is 29.0. The zero-order valence-corrected chi connectivity index (χ0v) is 17.9. The summed E-state index contributed by atoms with van der Waals surface area (Å²) in [6.45, 7) is 8.49. The number of aromatic nitrogens is 2. The van der Waals surface area contributed by atoms with Crippen LogP contribution < -0.4 is 4.90 Å². The average Bonchev–Trinajstić information content (AvgIpc) is 3.17. The number of benzene rings is 1. The van der Waals surface area contributed by atoms with Gasteiger partial charge in [-0.1, -0.05) is 30.3 Å². The number of hydrogen-bond acceptors (Lipinski definition) is 5. The Kier molecular flexibility index (Phi) is 5.30. The van der Waals surface area contributed by atoms with Gasteiger partial charge in [0.1, 0.15) is 5.82 Å². The lowest BCUT2D eigenvalue weighted by atomic mass is 9.80. The molecule has 0 N–H and O–H groups in total. The van der Waals surface area contributed by atoms with Gasteiger partial charge in [0.25, 0.3) is 0 Å². The van der Waals surface area contributed by atoms with Crippen LogP contribution in [0.5, 0.6) is 0 Å². The second-order valence-corrected chi connectivity index (χ2v) is 9.03. The van der Waals surface area contributed by atoms with Crippen LogP contribution in [0, 0.1) is 25.2 Å². The molecule has 6 heteroatoms. The Bertz CT molecular complexity index is 884. The van der Waals surface area contributed by atoms with E-state index >= 15 is 0 Å². The molecule has 29 heavy (non-hydrogen) atoms. The molecule has 1 aromatic heterocycles. The van der Waals surface area contributed by atoms with Crippen LogP contribution in [0.4, 0.5) is 5.82 Å². The molecule has 2 fully saturated rings. The molecule has 2 atom stereocenters. The number of nitrogens with zero attached hydrogens (tertiary/aromatic N) is 5. The van der Waals surface area contributed by atoms with Crippen molar-refractivity contribution < 1.29 is 4.79 Å². The third kappa shape index (κ3) is 3.99. The van der Waals surface area contributed by atoms with Crippen LogP contribution in [0.15, 0.2) is 36.5 Å². The predicted octanol–water partition coefficient (Wildman–Crippen LogP) is 2.16. The molecule has 1 aromatic carbocycles. The third-order valence-corrected chi connectivity index (χ3v) is 6.29. The van der Waals surface area contributed by atoms with Crippen LogP contribution in [-0.2, 0) is 11.2 Å². The van der Waals surface area contributed by atoms with Crippen molar-refractivity contribution >= 4 is 11.7 Å². The molecule has 3 heterocycles. The first-order chi connectivity index (χ1) is 13.9. The molecule has 2 aromatic rings. The third-order valence-electron chi connectivity index (χ3n) is 6.29. The highest BCUT2D eigenvalue weighted by atomic mass is 16.2. The van der Waals surface area contributed by atoms with E-state index in [4.69, 9.17) is 4.98 Å². The quantitative estimate of drug-likeness (QED) is 0.779. The van der Waals surface area contributed by atoms with Crippen molar-refractivity contribution in [3.63, 3.8) is 0 Å². The van der Waals surface area contributed by atoms with Crippen molar-refractivity contribution in [2.24, 2.45) is 11.3 Å². The summed E-state index contributed by atoms with van der Waals surface area (Å²) < 4.78 is 0. The van der Waals surface area contributed by atoms with E-state index in [0.29, 0.717) is 12.3 Å². The van der Waals surface area contributed by atoms with E-state index in [1.807, 2.05) is 50.4 Å². The number of fused-ring (bicyclic) bond motifs is 1. The maximum absolute atomic E-state index is 13.0. The monoisotopic (exact) mass is 393 g/mol. The zero-order chi connectivity index (χ0) is 20.6. The smallest absolute Gasteiger partial charge is 0.227 e. The number of hydrogen-bond donors (Lipinski definition) is 0. The molecular weight excluding hydrogens is 362 g/mol. The van der Waals surface area contributed by atoms with E-state index in [0.717, 1.165) is 55.5 Å². The molecule has 0 saturated carbocycles. The van der Waals surface area contributed by atoms with Crippen molar-refractivity contribution in [2.45, 2.75) is 20.3 Å². The normalized spacial score (nSPS) is 23.7. The second-order valence-electron chi connectivity index (χ2n) is 9.03. The summed E-state index contributed by atoms with van der Waals surface area (Å²) in [6, 6.07) is 10.1. The molecule has 2 unspecified atom stereocenters. The van der Waals surface area contributed by atoms with Gasteiger partial charge in [0.15, 0.2) is 0 Å². The lowest BCUT2D eigenvalue weighted by Crippen LogP contribution is -2.43.